The minimum atomic E-state index is -0.256. The van der Waals surface area contributed by atoms with Crippen LogP contribution in [0.25, 0.3) is 29.0 Å². The summed E-state index contributed by atoms with van der Waals surface area (Å²) in [6, 6.07) is 24.3. The molecule has 4 rings (SSSR count). The molecular formula is C24H19N3O3. The monoisotopic (exact) mass is 397 g/mol. The Hall–Kier alpha value is -4.19. The Balaban J connectivity index is 1.48. The molecule has 1 N–H and O–H groups in total. The summed E-state index contributed by atoms with van der Waals surface area (Å²) in [4.78, 5) is 12.3. The fraction of sp³-hybridized carbons (Fsp3) is 0.0417. The average Bonchev–Trinajstić information content (AvgIpc) is 3.29. The van der Waals surface area contributed by atoms with E-state index < -0.39 is 0 Å². The predicted octanol–water partition coefficient (Wildman–Crippen LogP) is 5.06. The summed E-state index contributed by atoms with van der Waals surface area (Å²) in [5, 5.41) is 11.1. The molecule has 0 atom stereocenters. The van der Waals surface area contributed by atoms with Crippen LogP contribution in [-0.2, 0) is 4.79 Å². The number of carbonyl (C=O) groups is 1. The number of para-hydroxylation sites is 1. The number of rotatable bonds is 6. The first kappa shape index (κ1) is 19.1. The molecule has 6 heteroatoms. The normalized spacial score (nSPS) is 10.8. The number of nitrogens with zero attached hydrogens (tertiary/aromatic N) is 2. The lowest BCUT2D eigenvalue weighted by atomic mass is 10.2. The molecule has 1 amide bonds. The van der Waals surface area contributed by atoms with E-state index in [1.165, 1.54) is 6.08 Å². The van der Waals surface area contributed by atoms with Gasteiger partial charge in [-0.05, 0) is 42.5 Å². The van der Waals surface area contributed by atoms with Gasteiger partial charge < -0.3 is 14.5 Å². The Morgan fingerprint density at radius 1 is 0.900 bits per heavy atom. The Bertz CT molecular complexity index is 1180. The molecule has 4 aromatic rings. The second-order valence-electron chi connectivity index (χ2n) is 6.42. The largest absolute Gasteiger partial charge is 0.496 e. The summed E-state index contributed by atoms with van der Waals surface area (Å²) in [5.41, 5.74) is 3.02. The minimum absolute atomic E-state index is 0.256. The first-order chi connectivity index (χ1) is 14.7. The van der Waals surface area contributed by atoms with Crippen molar-refractivity contribution in [1.29, 1.82) is 0 Å². The van der Waals surface area contributed by atoms with Gasteiger partial charge in [-0.15, -0.1) is 10.2 Å². The maximum atomic E-state index is 12.3. The van der Waals surface area contributed by atoms with Crippen molar-refractivity contribution in [1.82, 2.24) is 10.2 Å². The van der Waals surface area contributed by atoms with Gasteiger partial charge in [0.15, 0.2) is 0 Å². The second-order valence-corrected chi connectivity index (χ2v) is 6.42. The highest BCUT2D eigenvalue weighted by atomic mass is 16.5. The molecule has 1 heterocycles. The van der Waals surface area contributed by atoms with Gasteiger partial charge in [0.05, 0.1) is 7.11 Å². The zero-order chi connectivity index (χ0) is 20.8. The second kappa shape index (κ2) is 8.87. The molecule has 0 unspecified atom stereocenters. The summed E-state index contributed by atoms with van der Waals surface area (Å²) in [6.45, 7) is 0. The summed E-state index contributed by atoms with van der Waals surface area (Å²) >= 11 is 0. The molecule has 0 saturated heterocycles. The lowest BCUT2D eigenvalue weighted by molar-refractivity contribution is -0.111. The number of hydrogen-bond acceptors (Lipinski definition) is 5. The highest BCUT2D eigenvalue weighted by Gasteiger charge is 2.11. The van der Waals surface area contributed by atoms with Gasteiger partial charge >= 0.3 is 0 Å². The van der Waals surface area contributed by atoms with Crippen LogP contribution < -0.4 is 10.1 Å². The van der Waals surface area contributed by atoms with Gasteiger partial charge in [0, 0.05) is 28.5 Å². The van der Waals surface area contributed by atoms with Gasteiger partial charge in [-0.25, -0.2) is 0 Å². The van der Waals surface area contributed by atoms with E-state index in [1.807, 2.05) is 66.7 Å². The molecule has 0 aliphatic rings. The number of benzene rings is 3. The third kappa shape index (κ3) is 4.44. The molecule has 0 spiro atoms. The fourth-order valence-electron chi connectivity index (χ4n) is 2.92. The highest BCUT2D eigenvalue weighted by Crippen LogP contribution is 2.25. The zero-order valence-electron chi connectivity index (χ0n) is 16.3. The summed E-state index contributed by atoms with van der Waals surface area (Å²) < 4.78 is 11.1. The van der Waals surface area contributed by atoms with Crippen molar-refractivity contribution in [2.24, 2.45) is 0 Å². The van der Waals surface area contributed by atoms with Gasteiger partial charge in [-0.1, -0.05) is 42.5 Å². The lowest BCUT2D eigenvalue weighted by Gasteiger charge is -2.05. The number of anilines is 1. The number of ether oxygens (including phenoxy) is 1. The van der Waals surface area contributed by atoms with E-state index in [4.69, 9.17) is 9.15 Å². The van der Waals surface area contributed by atoms with Crippen LogP contribution in [0.15, 0.2) is 89.4 Å². The minimum Gasteiger partial charge on any atom is -0.496 e. The Morgan fingerprint density at radius 3 is 2.40 bits per heavy atom. The molecule has 0 aliphatic carbocycles. The molecule has 0 aliphatic heterocycles. The molecule has 148 valence electrons. The topological polar surface area (TPSA) is 77.2 Å². The van der Waals surface area contributed by atoms with Crippen molar-refractivity contribution in [3.63, 3.8) is 0 Å². The van der Waals surface area contributed by atoms with E-state index in [-0.39, 0.29) is 5.91 Å². The average molecular weight is 397 g/mol. The molecule has 0 saturated carbocycles. The SMILES string of the molecule is COc1ccccc1C=CC(=O)Nc1cccc(-c2nnc(-c3ccccc3)o2)c1. The van der Waals surface area contributed by atoms with Crippen molar-refractivity contribution in [2.75, 3.05) is 12.4 Å². The molecule has 0 fully saturated rings. The van der Waals surface area contributed by atoms with E-state index in [0.29, 0.717) is 23.2 Å². The van der Waals surface area contributed by atoms with Crippen LogP contribution in [0, 0.1) is 0 Å². The van der Waals surface area contributed by atoms with E-state index in [0.717, 1.165) is 16.7 Å². The highest BCUT2D eigenvalue weighted by molar-refractivity contribution is 6.02. The third-order valence-corrected chi connectivity index (χ3v) is 4.38. The zero-order valence-corrected chi connectivity index (χ0v) is 16.3. The molecule has 3 aromatic carbocycles. The van der Waals surface area contributed by atoms with Crippen LogP contribution in [0.5, 0.6) is 5.75 Å². The number of carbonyl (C=O) groups excluding carboxylic acids is 1. The van der Waals surface area contributed by atoms with Crippen molar-refractivity contribution in [3.8, 4) is 28.7 Å². The summed E-state index contributed by atoms with van der Waals surface area (Å²) in [6.07, 6.45) is 3.17. The molecule has 0 radical (unpaired) electrons. The molecular weight excluding hydrogens is 378 g/mol. The van der Waals surface area contributed by atoms with E-state index >= 15 is 0 Å². The van der Waals surface area contributed by atoms with Crippen molar-refractivity contribution >= 4 is 17.7 Å². The lowest BCUT2D eigenvalue weighted by Crippen LogP contribution is -2.07. The van der Waals surface area contributed by atoms with E-state index in [1.54, 1.807) is 25.3 Å². The third-order valence-electron chi connectivity index (χ3n) is 4.38. The van der Waals surface area contributed by atoms with E-state index in [2.05, 4.69) is 15.5 Å². The Morgan fingerprint density at radius 2 is 1.60 bits per heavy atom. The van der Waals surface area contributed by atoms with E-state index in [9.17, 15) is 4.79 Å². The number of nitrogens with one attached hydrogen (secondary N) is 1. The smallest absolute Gasteiger partial charge is 0.248 e. The van der Waals surface area contributed by atoms with Crippen LogP contribution in [0.1, 0.15) is 5.56 Å². The van der Waals surface area contributed by atoms with Gasteiger partial charge in [0.25, 0.3) is 0 Å². The van der Waals surface area contributed by atoms with Crippen LogP contribution in [0.4, 0.5) is 5.69 Å². The first-order valence-electron chi connectivity index (χ1n) is 9.34. The number of methoxy groups -OCH3 is 1. The number of aromatic nitrogens is 2. The quantitative estimate of drug-likeness (QED) is 0.460. The standard InChI is InChI=1S/C24H19N3O3/c1-29-21-13-6-5-8-17(21)14-15-22(28)25-20-12-7-11-19(16-20)24-27-26-23(30-24)18-9-3-2-4-10-18/h2-16H,1H3,(H,25,28). The summed E-state index contributed by atoms with van der Waals surface area (Å²) in [7, 11) is 1.60. The summed E-state index contributed by atoms with van der Waals surface area (Å²) in [5.74, 6) is 1.28. The first-order valence-corrected chi connectivity index (χ1v) is 9.34. The predicted molar refractivity (Wildman–Crippen MR) is 116 cm³/mol. The van der Waals surface area contributed by atoms with Gasteiger partial charge in [0.2, 0.25) is 17.7 Å². The number of amides is 1. The van der Waals surface area contributed by atoms with Gasteiger partial charge in [-0.3, -0.25) is 4.79 Å². The van der Waals surface area contributed by atoms with Crippen molar-refractivity contribution < 1.29 is 13.9 Å². The van der Waals surface area contributed by atoms with Crippen LogP contribution in [0.2, 0.25) is 0 Å². The molecule has 30 heavy (non-hydrogen) atoms. The van der Waals surface area contributed by atoms with Crippen LogP contribution in [0.3, 0.4) is 0 Å². The van der Waals surface area contributed by atoms with Crippen LogP contribution in [-0.4, -0.2) is 23.2 Å². The van der Waals surface area contributed by atoms with Gasteiger partial charge in [-0.2, -0.15) is 0 Å². The van der Waals surface area contributed by atoms with Crippen molar-refractivity contribution in [3.05, 3.63) is 90.5 Å². The maximum Gasteiger partial charge on any atom is 0.248 e. The fourth-order valence-corrected chi connectivity index (χ4v) is 2.92. The van der Waals surface area contributed by atoms with Crippen LogP contribution >= 0.6 is 0 Å². The van der Waals surface area contributed by atoms with Gasteiger partial charge in [0.1, 0.15) is 5.75 Å². The Kier molecular flexibility index (Phi) is 5.66. The maximum absolute atomic E-state index is 12.3. The Labute approximate surface area is 173 Å². The molecule has 1 aromatic heterocycles. The molecule has 6 nitrogen and oxygen atoms in total. The number of hydrogen-bond donors (Lipinski definition) is 1. The van der Waals surface area contributed by atoms with Crippen molar-refractivity contribution in [2.45, 2.75) is 0 Å². The molecule has 0 bridgehead atoms.